The molecule has 0 bridgehead atoms. The Labute approximate surface area is 122 Å². The van der Waals surface area contributed by atoms with Crippen molar-refractivity contribution in [1.29, 1.82) is 0 Å². The zero-order valence-corrected chi connectivity index (χ0v) is 12.8. The van der Waals surface area contributed by atoms with Gasteiger partial charge in [-0.3, -0.25) is 11.3 Å². The Balaban J connectivity index is 2.33. The molecule has 0 spiro atoms. The van der Waals surface area contributed by atoms with E-state index in [1.807, 2.05) is 0 Å². The zero-order valence-electron chi connectivity index (χ0n) is 12.8. The van der Waals surface area contributed by atoms with Gasteiger partial charge in [0.2, 0.25) is 0 Å². The van der Waals surface area contributed by atoms with Crippen LogP contribution in [0.3, 0.4) is 0 Å². The summed E-state index contributed by atoms with van der Waals surface area (Å²) >= 11 is 0. The van der Waals surface area contributed by atoms with Crippen LogP contribution >= 0.6 is 0 Å². The van der Waals surface area contributed by atoms with Crippen LogP contribution in [0.25, 0.3) is 0 Å². The van der Waals surface area contributed by atoms with Crippen LogP contribution in [0.15, 0.2) is 30.3 Å². The Kier molecular flexibility index (Phi) is 5.58. The number of hydrogen-bond acceptors (Lipinski definition) is 3. The molecule has 0 aliphatic carbocycles. The summed E-state index contributed by atoms with van der Waals surface area (Å²) in [6, 6.07) is 11.1. The highest BCUT2D eigenvalue weighted by Gasteiger charge is 2.41. The van der Waals surface area contributed by atoms with Gasteiger partial charge in [0.1, 0.15) is 0 Å². The van der Waals surface area contributed by atoms with Gasteiger partial charge >= 0.3 is 0 Å². The Morgan fingerprint density at radius 2 is 1.80 bits per heavy atom. The quantitative estimate of drug-likeness (QED) is 0.620. The van der Waals surface area contributed by atoms with Gasteiger partial charge in [0.15, 0.2) is 0 Å². The second kappa shape index (κ2) is 7.21. The van der Waals surface area contributed by atoms with Crippen LogP contribution in [-0.2, 0) is 10.2 Å². The molecule has 1 unspecified atom stereocenters. The van der Waals surface area contributed by atoms with E-state index in [-0.39, 0.29) is 5.41 Å². The van der Waals surface area contributed by atoms with Crippen molar-refractivity contribution in [1.82, 2.24) is 5.43 Å². The van der Waals surface area contributed by atoms with Crippen molar-refractivity contribution >= 4 is 0 Å². The minimum absolute atomic E-state index is 0.109. The summed E-state index contributed by atoms with van der Waals surface area (Å²) in [5.74, 6) is 6.58. The van der Waals surface area contributed by atoms with Gasteiger partial charge in [-0.25, -0.2) is 0 Å². The topological polar surface area (TPSA) is 47.3 Å². The fourth-order valence-corrected chi connectivity index (χ4v) is 3.84. The molecule has 1 fully saturated rings. The molecule has 0 aromatic heterocycles. The number of hydrazine groups is 1. The van der Waals surface area contributed by atoms with Gasteiger partial charge in [0.05, 0.1) is 0 Å². The van der Waals surface area contributed by atoms with Crippen molar-refractivity contribution in [2.45, 2.75) is 51.0 Å². The number of hydrogen-bond donors (Lipinski definition) is 2. The number of rotatable bonds is 6. The molecule has 3 nitrogen and oxygen atoms in total. The normalized spacial score (nSPS) is 18.9. The van der Waals surface area contributed by atoms with E-state index >= 15 is 0 Å². The molecule has 0 amide bonds. The number of nitrogens with two attached hydrogens (primary N) is 1. The highest BCUT2D eigenvalue weighted by molar-refractivity contribution is 5.28. The van der Waals surface area contributed by atoms with E-state index in [0.717, 1.165) is 38.9 Å². The van der Waals surface area contributed by atoms with E-state index in [2.05, 4.69) is 49.6 Å². The minimum Gasteiger partial charge on any atom is -0.381 e. The lowest BCUT2D eigenvalue weighted by molar-refractivity contribution is 0.0375. The van der Waals surface area contributed by atoms with Crippen LogP contribution in [-0.4, -0.2) is 19.3 Å². The average molecular weight is 276 g/mol. The molecular weight excluding hydrogens is 248 g/mol. The lowest BCUT2D eigenvalue weighted by atomic mass is 9.65. The van der Waals surface area contributed by atoms with Gasteiger partial charge in [-0.1, -0.05) is 44.2 Å². The fraction of sp³-hybridized carbons (Fsp3) is 0.647. The van der Waals surface area contributed by atoms with Crippen molar-refractivity contribution in [3.05, 3.63) is 35.9 Å². The number of benzene rings is 1. The predicted molar refractivity (Wildman–Crippen MR) is 83.4 cm³/mol. The molecule has 0 radical (unpaired) electrons. The molecule has 20 heavy (non-hydrogen) atoms. The SMILES string of the molecule is CCC(CC)(c1ccccc1)C(NN)C1CCOCC1. The third-order valence-corrected chi connectivity index (χ3v) is 5.12. The highest BCUT2D eigenvalue weighted by Crippen LogP contribution is 2.40. The average Bonchev–Trinajstić information content (AvgIpc) is 2.54. The molecule has 1 aliphatic rings. The molecule has 112 valence electrons. The largest absolute Gasteiger partial charge is 0.381 e. The summed E-state index contributed by atoms with van der Waals surface area (Å²) in [5.41, 5.74) is 4.67. The van der Waals surface area contributed by atoms with Crippen molar-refractivity contribution in [2.24, 2.45) is 11.8 Å². The molecule has 3 heteroatoms. The molecule has 1 aliphatic heterocycles. The van der Waals surface area contributed by atoms with Crippen LogP contribution in [0.4, 0.5) is 0 Å². The molecular formula is C17H28N2O. The van der Waals surface area contributed by atoms with E-state index in [1.54, 1.807) is 0 Å². The molecule has 1 atom stereocenters. The van der Waals surface area contributed by atoms with Crippen LogP contribution in [0, 0.1) is 5.92 Å². The Hall–Kier alpha value is -0.900. The smallest absolute Gasteiger partial charge is 0.0469 e. The Morgan fingerprint density at radius 3 is 2.30 bits per heavy atom. The van der Waals surface area contributed by atoms with Gasteiger partial charge in [0, 0.05) is 24.7 Å². The Bertz CT molecular complexity index is 383. The molecule has 3 N–H and O–H groups in total. The first kappa shape index (κ1) is 15.5. The maximum absolute atomic E-state index is 5.99. The first-order valence-corrected chi connectivity index (χ1v) is 7.88. The van der Waals surface area contributed by atoms with Crippen LogP contribution in [0.1, 0.15) is 45.1 Å². The molecule has 2 rings (SSSR count). The molecule has 1 aromatic carbocycles. The molecule has 1 saturated heterocycles. The van der Waals surface area contributed by atoms with Gasteiger partial charge in [-0.15, -0.1) is 0 Å². The minimum atomic E-state index is 0.109. The lowest BCUT2D eigenvalue weighted by Gasteiger charge is -2.45. The summed E-state index contributed by atoms with van der Waals surface area (Å²) in [6.45, 7) is 6.28. The van der Waals surface area contributed by atoms with Crippen molar-refractivity contribution in [3.8, 4) is 0 Å². The first-order chi connectivity index (χ1) is 9.78. The number of nitrogens with one attached hydrogen (secondary N) is 1. The van der Waals surface area contributed by atoms with Crippen LogP contribution in [0.2, 0.25) is 0 Å². The van der Waals surface area contributed by atoms with Crippen molar-refractivity contribution < 1.29 is 4.74 Å². The third kappa shape index (κ3) is 2.90. The molecule has 0 saturated carbocycles. The second-order valence-corrected chi connectivity index (χ2v) is 5.82. The zero-order chi connectivity index (χ0) is 14.4. The highest BCUT2D eigenvalue weighted by atomic mass is 16.5. The van der Waals surface area contributed by atoms with E-state index in [9.17, 15) is 0 Å². The van der Waals surface area contributed by atoms with Gasteiger partial charge < -0.3 is 4.74 Å². The summed E-state index contributed by atoms with van der Waals surface area (Å²) in [6.07, 6.45) is 4.40. The number of ether oxygens (including phenoxy) is 1. The van der Waals surface area contributed by atoms with Crippen molar-refractivity contribution in [2.75, 3.05) is 13.2 Å². The molecule has 1 heterocycles. The van der Waals surface area contributed by atoms with Gasteiger partial charge in [0.25, 0.3) is 0 Å². The second-order valence-electron chi connectivity index (χ2n) is 5.82. The summed E-state index contributed by atoms with van der Waals surface area (Å²) < 4.78 is 5.51. The summed E-state index contributed by atoms with van der Waals surface area (Å²) in [4.78, 5) is 0. The predicted octanol–water partition coefficient (Wildman–Crippen LogP) is 3.00. The van der Waals surface area contributed by atoms with E-state index in [0.29, 0.717) is 12.0 Å². The van der Waals surface area contributed by atoms with Crippen LogP contribution in [0.5, 0.6) is 0 Å². The van der Waals surface area contributed by atoms with E-state index < -0.39 is 0 Å². The first-order valence-electron chi connectivity index (χ1n) is 7.88. The van der Waals surface area contributed by atoms with Gasteiger partial charge in [-0.05, 0) is 37.2 Å². The van der Waals surface area contributed by atoms with Crippen molar-refractivity contribution in [3.63, 3.8) is 0 Å². The third-order valence-electron chi connectivity index (χ3n) is 5.12. The Morgan fingerprint density at radius 1 is 1.20 bits per heavy atom. The lowest BCUT2D eigenvalue weighted by Crippen LogP contribution is -2.55. The maximum atomic E-state index is 5.99. The molecule has 1 aromatic rings. The summed E-state index contributed by atoms with van der Waals surface area (Å²) in [5, 5.41) is 0. The van der Waals surface area contributed by atoms with Gasteiger partial charge in [-0.2, -0.15) is 0 Å². The van der Waals surface area contributed by atoms with Crippen LogP contribution < -0.4 is 11.3 Å². The monoisotopic (exact) mass is 276 g/mol. The standard InChI is InChI=1S/C17H28N2O/c1-3-17(4-2,15-8-6-5-7-9-15)16(19-18)14-10-12-20-13-11-14/h5-9,14,16,19H,3-4,10-13,18H2,1-2H3. The maximum Gasteiger partial charge on any atom is 0.0469 e. The summed E-state index contributed by atoms with van der Waals surface area (Å²) in [7, 11) is 0. The fourth-order valence-electron chi connectivity index (χ4n) is 3.84. The van der Waals surface area contributed by atoms with E-state index in [4.69, 9.17) is 10.6 Å². The van der Waals surface area contributed by atoms with E-state index in [1.165, 1.54) is 5.56 Å².